The second-order valence-electron chi connectivity index (χ2n) is 5.41. The molecule has 2 aromatic heterocycles. The summed E-state index contributed by atoms with van der Waals surface area (Å²) in [4.78, 5) is 7.96. The van der Waals surface area contributed by atoms with Crippen molar-refractivity contribution >= 4 is 0 Å². The molecule has 0 N–H and O–H groups in total. The molecule has 0 aliphatic rings. The van der Waals surface area contributed by atoms with E-state index in [9.17, 15) is 8.78 Å². The number of benzene rings is 1. The van der Waals surface area contributed by atoms with Crippen LogP contribution < -0.4 is 0 Å². The van der Waals surface area contributed by atoms with Gasteiger partial charge in [0.05, 0.1) is 13.1 Å². The molecule has 176 valence electrons. The van der Waals surface area contributed by atoms with Crippen LogP contribution in [0.4, 0.5) is 8.78 Å². The number of hydrogen-bond acceptors (Lipinski definition) is 5. The van der Waals surface area contributed by atoms with Gasteiger partial charge in [0.15, 0.2) is 0 Å². The molecule has 0 saturated heterocycles. The first-order chi connectivity index (χ1) is 11.5. The average Bonchev–Trinajstić information content (AvgIpc) is 3.18. The molecule has 0 amide bonds. The second-order valence-corrected chi connectivity index (χ2v) is 5.41. The zero-order valence-corrected chi connectivity index (χ0v) is 13.2. The highest BCUT2D eigenvalue weighted by atomic mass is 19.1. The van der Waals surface area contributed by atoms with Crippen molar-refractivity contribution in [1.82, 2.24) is 29.5 Å². The number of aromatic nitrogens is 6. The Hall–Kier alpha value is -2.68. The van der Waals surface area contributed by atoms with Crippen LogP contribution in [0.25, 0.3) is 0 Å². The highest BCUT2D eigenvalue weighted by molar-refractivity contribution is 5.25. The minimum absolute atomic E-state index is 0. The summed E-state index contributed by atoms with van der Waals surface area (Å²) in [6.07, 6.45) is 4.41. The summed E-state index contributed by atoms with van der Waals surface area (Å²) in [6, 6.07) is 3.39. The number of nitrogens with zero attached hydrogens (tertiary/aromatic N) is 6. The molecule has 1 atom stereocenters. The van der Waals surface area contributed by atoms with Crippen molar-refractivity contribution < 1.29 is 49.2 Å². The third kappa shape index (κ3) is 3.16. The molecule has 0 aliphatic heterocycles. The Morgan fingerprint density at radius 3 is 2.58 bits per heavy atom. The van der Waals surface area contributed by atoms with Crippen molar-refractivity contribution in [3.63, 3.8) is 0 Å². The fourth-order valence-corrected chi connectivity index (χ4v) is 2.62. The zero-order chi connectivity index (χ0) is 17.2. The number of aryl methyl sites for hydroxylation is 1. The Bertz CT molecular complexity index is 868. The van der Waals surface area contributed by atoms with E-state index < -0.39 is 17.2 Å². The van der Waals surface area contributed by atoms with Crippen LogP contribution in [0.1, 0.15) is 47.1 Å². The van der Waals surface area contributed by atoms with Crippen LogP contribution >= 0.6 is 0 Å². The summed E-state index contributed by atoms with van der Waals surface area (Å²) in [5.74, 6) is -0.771. The molecular weight excluding hydrogens is 318 g/mol. The van der Waals surface area contributed by atoms with E-state index in [4.69, 9.17) is 4.74 Å². The number of methoxy groups -OCH3 is 1. The Labute approximate surface area is 174 Å². The lowest BCUT2D eigenvalue weighted by molar-refractivity contribution is -0.0512. The lowest BCUT2D eigenvalue weighted by atomic mass is 9.92. The fraction of sp³-hybridized carbons (Fsp3) is 0.333. The lowest BCUT2D eigenvalue weighted by Gasteiger charge is -2.32. The predicted molar refractivity (Wildman–Crippen MR) is 133 cm³/mol. The SMILES string of the molecule is COC(Cn1cncn1)(Cn1cnc(C)n1)c1ccc(F)cc1F.[HH].[HH].[HH].[HH].[HH].[HH].[HH].[HH].[HH].[HH].[HH].[HH].[HH].[HH].[HH].[HH].[HH].[HH].[HH].[HH].[HH].[HH].[HH].[HH].[HH]. The molecule has 3 aromatic rings. The molecule has 2 heterocycles. The van der Waals surface area contributed by atoms with Gasteiger partial charge in [0.1, 0.15) is 42.0 Å². The minimum Gasteiger partial charge on any atom is -0.370 e. The molecule has 9 heteroatoms. The number of rotatable bonds is 6. The van der Waals surface area contributed by atoms with E-state index in [-0.39, 0.29) is 54.3 Å². The minimum atomic E-state index is -1.16. The van der Waals surface area contributed by atoms with Crippen molar-refractivity contribution in [3.05, 3.63) is 60.2 Å². The molecule has 0 aliphatic carbocycles. The van der Waals surface area contributed by atoms with Crippen LogP contribution in [0.3, 0.4) is 0 Å². The quantitative estimate of drug-likeness (QED) is 0.432. The maximum atomic E-state index is 14.5. The molecule has 0 spiro atoms. The Morgan fingerprint density at radius 1 is 1.21 bits per heavy atom. The molecule has 0 radical (unpaired) electrons. The monoisotopic (exact) mass is 385 g/mol. The van der Waals surface area contributed by atoms with E-state index in [0.29, 0.717) is 5.82 Å². The van der Waals surface area contributed by atoms with Crippen molar-refractivity contribution in [3.8, 4) is 0 Å². The van der Waals surface area contributed by atoms with Gasteiger partial charge in [0.2, 0.25) is 0 Å². The first-order valence-corrected chi connectivity index (χ1v) is 7.21. The van der Waals surface area contributed by atoms with E-state index in [1.807, 2.05) is 0 Å². The van der Waals surface area contributed by atoms with Gasteiger partial charge in [0, 0.05) is 54.4 Å². The van der Waals surface area contributed by atoms with E-state index in [1.165, 1.54) is 42.9 Å². The molecule has 1 unspecified atom stereocenters. The Morgan fingerprint density at radius 2 is 2.00 bits per heavy atom. The van der Waals surface area contributed by atoms with E-state index in [2.05, 4.69) is 20.2 Å². The summed E-state index contributed by atoms with van der Waals surface area (Å²) >= 11 is 0. The highest BCUT2D eigenvalue weighted by Crippen LogP contribution is 2.31. The summed E-state index contributed by atoms with van der Waals surface area (Å²) in [7, 11) is 1.46. The van der Waals surface area contributed by atoms with Gasteiger partial charge >= 0.3 is 0 Å². The van der Waals surface area contributed by atoms with E-state index in [1.54, 1.807) is 11.6 Å². The van der Waals surface area contributed by atoms with Crippen molar-refractivity contribution in [2.75, 3.05) is 7.11 Å². The number of ether oxygens (including phenoxy) is 1. The zero-order valence-electron chi connectivity index (χ0n) is 13.2. The largest absolute Gasteiger partial charge is 0.370 e. The topological polar surface area (TPSA) is 70.7 Å². The van der Waals surface area contributed by atoms with Gasteiger partial charge in [0.25, 0.3) is 0 Å². The van der Waals surface area contributed by atoms with Gasteiger partial charge < -0.3 is 4.74 Å². The predicted octanol–water partition coefficient (Wildman–Crippen LogP) is 7.85. The van der Waals surface area contributed by atoms with Crippen LogP contribution in [0.5, 0.6) is 0 Å². The van der Waals surface area contributed by atoms with Gasteiger partial charge in [-0.25, -0.2) is 28.1 Å². The summed E-state index contributed by atoms with van der Waals surface area (Å²) in [5, 5.41) is 8.28. The van der Waals surface area contributed by atoms with Gasteiger partial charge in [-0.15, -0.1) is 0 Å². The normalized spacial score (nSPS) is 13.8. The molecule has 0 bridgehead atoms. The molecule has 24 heavy (non-hydrogen) atoms. The lowest BCUT2D eigenvalue weighted by Crippen LogP contribution is -2.39. The van der Waals surface area contributed by atoms with Crippen LogP contribution in [0, 0.1) is 18.6 Å². The van der Waals surface area contributed by atoms with Crippen LogP contribution in [-0.4, -0.2) is 36.6 Å². The average molecular weight is 385 g/mol. The van der Waals surface area contributed by atoms with Crippen LogP contribution in [0.15, 0.2) is 37.2 Å². The highest BCUT2D eigenvalue weighted by Gasteiger charge is 2.37. The summed E-state index contributed by atoms with van der Waals surface area (Å²) < 4.78 is 36.5. The first-order valence-electron chi connectivity index (χ1n) is 7.21. The maximum Gasteiger partial charge on any atom is 0.147 e. The van der Waals surface area contributed by atoms with E-state index >= 15 is 0 Å². The fourth-order valence-electron chi connectivity index (χ4n) is 2.62. The van der Waals surface area contributed by atoms with Gasteiger partial charge in [-0.05, 0) is 13.0 Å². The van der Waals surface area contributed by atoms with Crippen LogP contribution in [0.2, 0.25) is 0 Å². The van der Waals surface area contributed by atoms with Gasteiger partial charge in [-0.2, -0.15) is 10.2 Å². The Balaban J connectivity index is -0.0000000129. The standard InChI is InChI=1S/C15H16F2N6O.25H2/c1-11-19-10-23(21-11)7-15(24-2,6-22-9-18-8-20-22)13-4-3-12(16)5-14(13)17;;;;;;;;;;;;;;;;;;;;;;;;;/h3-5,8-10H,6-7H2,1-2H3;25*1H. The number of halogens is 2. The van der Waals surface area contributed by atoms with Gasteiger partial charge in [-0.3, -0.25) is 0 Å². The third-order valence-corrected chi connectivity index (χ3v) is 3.77. The third-order valence-electron chi connectivity index (χ3n) is 3.77. The molecule has 3 rings (SSSR count). The number of hydrogen-bond donors (Lipinski definition) is 0. The van der Waals surface area contributed by atoms with Crippen LogP contribution in [-0.2, 0) is 23.4 Å². The van der Waals surface area contributed by atoms with E-state index in [0.717, 1.165) is 6.07 Å². The summed E-state index contributed by atoms with van der Waals surface area (Å²) in [6.45, 7) is 2.10. The molecule has 7 nitrogen and oxygen atoms in total. The van der Waals surface area contributed by atoms with Crippen molar-refractivity contribution in [2.24, 2.45) is 0 Å². The molecule has 0 fully saturated rings. The van der Waals surface area contributed by atoms with Gasteiger partial charge in [-0.1, -0.05) is 6.07 Å². The first kappa shape index (κ1) is 16.2. The molecule has 0 saturated carbocycles. The molecular formula is C15H66F2N6O. The smallest absolute Gasteiger partial charge is 0.147 e. The van der Waals surface area contributed by atoms with Crippen molar-refractivity contribution in [1.29, 1.82) is 0 Å². The maximum absolute atomic E-state index is 14.5. The second kappa shape index (κ2) is 6.44. The summed E-state index contributed by atoms with van der Waals surface area (Å²) in [5.41, 5.74) is -0.957. The molecule has 1 aromatic carbocycles. The van der Waals surface area contributed by atoms with Crippen molar-refractivity contribution in [2.45, 2.75) is 25.6 Å². The Kier molecular flexibility index (Phi) is 4.34.